The van der Waals surface area contributed by atoms with E-state index in [0.29, 0.717) is 0 Å². The van der Waals surface area contributed by atoms with Crippen LogP contribution in [0.15, 0.2) is 18.3 Å². The third-order valence-electron chi connectivity index (χ3n) is 2.17. The van der Waals surface area contributed by atoms with Crippen LogP contribution in [-0.4, -0.2) is 14.5 Å². The summed E-state index contributed by atoms with van der Waals surface area (Å²) in [6.07, 6.45) is -9.75. The Bertz CT molecular complexity index is 597. The Balaban J connectivity index is 2.91. The molecule has 0 saturated heterocycles. The van der Waals surface area contributed by atoms with Crippen LogP contribution in [0.3, 0.4) is 0 Å². The van der Waals surface area contributed by atoms with Gasteiger partial charge in [0.1, 0.15) is 0 Å². The Morgan fingerprint density at radius 2 is 1.67 bits per heavy atom. The van der Waals surface area contributed by atoms with Crippen molar-refractivity contribution in [1.82, 2.24) is 9.38 Å². The number of pyridine rings is 1. The van der Waals surface area contributed by atoms with Crippen molar-refractivity contribution in [2.75, 3.05) is 0 Å². The van der Waals surface area contributed by atoms with Gasteiger partial charge in [0.25, 0.3) is 0 Å². The number of alkyl halides is 6. The number of imidazole rings is 1. The maximum Gasteiger partial charge on any atom is 0.435 e. The molecule has 0 amide bonds. The molecular formula is C9H4F6N2O. The lowest BCUT2D eigenvalue weighted by Gasteiger charge is -2.10. The molecule has 0 radical (unpaired) electrons. The van der Waals surface area contributed by atoms with Gasteiger partial charge in [0.2, 0.25) is 0 Å². The monoisotopic (exact) mass is 270 g/mol. The third kappa shape index (κ3) is 1.85. The number of fused-ring (bicyclic) bond motifs is 1. The molecule has 3 nitrogen and oxygen atoms in total. The number of hydrogen-bond donors (Lipinski definition) is 1. The fourth-order valence-corrected chi connectivity index (χ4v) is 1.52. The predicted octanol–water partition coefficient (Wildman–Crippen LogP) is 3.08. The molecule has 0 aromatic carbocycles. The smallest absolute Gasteiger partial charge is 0.435 e. The molecule has 2 heterocycles. The molecule has 2 aromatic heterocycles. The first-order valence-corrected chi connectivity index (χ1v) is 4.47. The molecule has 0 bridgehead atoms. The molecule has 2 rings (SSSR count). The second-order valence-electron chi connectivity index (χ2n) is 3.39. The first-order valence-electron chi connectivity index (χ1n) is 4.47. The summed E-state index contributed by atoms with van der Waals surface area (Å²) in [5.74, 6) is -0.765. The highest BCUT2D eigenvalue weighted by atomic mass is 19.4. The first-order chi connectivity index (χ1) is 8.12. The lowest BCUT2D eigenvalue weighted by molar-refractivity contribution is -0.166. The van der Waals surface area contributed by atoms with Gasteiger partial charge in [0, 0.05) is 6.20 Å². The van der Waals surface area contributed by atoms with Gasteiger partial charge in [-0.25, -0.2) is 4.98 Å². The van der Waals surface area contributed by atoms with Crippen molar-refractivity contribution in [1.29, 1.82) is 0 Å². The SMILES string of the molecule is Oc1cccn2c(C(F)(F)F)c(C(F)(F)F)nc12. The average molecular weight is 270 g/mol. The largest absolute Gasteiger partial charge is 0.504 e. The van der Waals surface area contributed by atoms with E-state index in [1.807, 2.05) is 0 Å². The topological polar surface area (TPSA) is 37.5 Å². The van der Waals surface area contributed by atoms with Crippen molar-refractivity contribution in [2.45, 2.75) is 12.4 Å². The fourth-order valence-electron chi connectivity index (χ4n) is 1.52. The summed E-state index contributed by atoms with van der Waals surface area (Å²) >= 11 is 0. The molecule has 0 aliphatic heterocycles. The van der Waals surface area contributed by atoms with Gasteiger partial charge in [-0.1, -0.05) is 0 Å². The van der Waals surface area contributed by atoms with Crippen molar-refractivity contribution >= 4 is 5.65 Å². The van der Waals surface area contributed by atoms with Gasteiger partial charge in [0.15, 0.2) is 22.8 Å². The molecule has 9 heteroatoms. The predicted molar refractivity (Wildman–Crippen MR) is 46.9 cm³/mol. The van der Waals surface area contributed by atoms with Crippen LogP contribution in [0.2, 0.25) is 0 Å². The quantitative estimate of drug-likeness (QED) is 0.747. The van der Waals surface area contributed by atoms with Crippen LogP contribution in [0, 0.1) is 0 Å². The van der Waals surface area contributed by atoms with Crippen LogP contribution < -0.4 is 0 Å². The molecule has 0 spiro atoms. The second kappa shape index (κ2) is 3.53. The lowest BCUT2D eigenvalue weighted by Crippen LogP contribution is -2.17. The Morgan fingerprint density at radius 3 is 2.17 bits per heavy atom. The zero-order valence-electron chi connectivity index (χ0n) is 8.34. The minimum absolute atomic E-state index is 0.165. The highest BCUT2D eigenvalue weighted by Gasteiger charge is 2.48. The standard InChI is InChI=1S/C9H4F6N2O/c10-8(11,12)5-6(9(13,14)15)17-3-1-2-4(18)7(17)16-5/h1-3,18H. The van der Waals surface area contributed by atoms with Crippen molar-refractivity contribution in [3.8, 4) is 5.75 Å². The summed E-state index contributed by atoms with van der Waals surface area (Å²) in [6.45, 7) is 0. The molecule has 0 atom stereocenters. The fraction of sp³-hybridized carbons (Fsp3) is 0.222. The van der Waals surface area contributed by atoms with Crippen molar-refractivity contribution in [2.24, 2.45) is 0 Å². The van der Waals surface area contributed by atoms with E-state index >= 15 is 0 Å². The van der Waals surface area contributed by atoms with Crippen LogP contribution in [0.4, 0.5) is 26.3 Å². The second-order valence-corrected chi connectivity index (χ2v) is 3.39. The number of nitrogens with zero attached hydrogens (tertiary/aromatic N) is 2. The highest BCUT2D eigenvalue weighted by molar-refractivity contribution is 5.56. The van der Waals surface area contributed by atoms with E-state index in [0.717, 1.165) is 18.3 Å². The number of aromatic hydroxyl groups is 1. The summed E-state index contributed by atoms with van der Waals surface area (Å²) < 4.78 is 75.5. The van der Waals surface area contributed by atoms with E-state index in [-0.39, 0.29) is 4.40 Å². The van der Waals surface area contributed by atoms with Gasteiger partial charge < -0.3 is 5.11 Å². The van der Waals surface area contributed by atoms with Gasteiger partial charge >= 0.3 is 12.4 Å². The summed E-state index contributed by atoms with van der Waals surface area (Å²) in [5, 5.41) is 9.22. The molecular weight excluding hydrogens is 266 g/mol. The van der Waals surface area contributed by atoms with E-state index in [4.69, 9.17) is 0 Å². The zero-order valence-corrected chi connectivity index (χ0v) is 8.34. The minimum Gasteiger partial charge on any atom is -0.504 e. The molecule has 0 aliphatic rings. The molecule has 0 fully saturated rings. The number of aromatic nitrogens is 2. The van der Waals surface area contributed by atoms with E-state index in [1.165, 1.54) is 0 Å². The highest BCUT2D eigenvalue weighted by Crippen LogP contribution is 2.41. The summed E-state index contributed by atoms with van der Waals surface area (Å²) in [7, 11) is 0. The summed E-state index contributed by atoms with van der Waals surface area (Å²) in [4.78, 5) is 2.82. The Morgan fingerprint density at radius 1 is 1.06 bits per heavy atom. The number of hydrogen-bond acceptors (Lipinski definition) is 2. The van der Waals surface area contributed by atoms with Crippen LogP contribution >= 0.6 is 0 Å². The molecule has 0 saturated carbocycles. The van der Waals surface area contributed by atoms with Crippen LogP contribution in [0.5, 0.6) is 5.75 Å². The van der Waals surface area contributed by atoms with Crippen LogP contribution in [0.25, 0.3) is 5.65 Å². The van der Waals surface area contributed by atoms with Gasteiger partial charge in [0.05, 0.1) is 0 Å². The maximum atomic E-state index is 12.6. The number of rotatable bonds is 0. The van der Waals surface area contributed by atoms with Crippen molar-refractivity contribution in [3.05, 3.63) is 29.7 Å². The lowest BCUT2D eigenvalue weighted by atomic mass is 10.3. The van der Waals surface area contributed by atoms with Crippen molar-refractivity contribution < 1.29 is 31.4 Å². The summed E-state index contributed by atoms with van der Waals surface area (Å²) in [5.41, 5.74) is -4.82. The zero-order chi connectivity index (χ0) is 13.7. The molecule has 18 heavy (non-hydrogen) atoms. The van der Waals surface area contributed by atoms with Gasteiger partial charge in [-0.15, -0.1) is 0 Å². The van der Waals surface area contributed by atoms with Crippen molar-refractivity contribution in [3.63, 3.8) is 0 Å². The van der Waals surface area contributed by atoms with E-state index < -0.39 is 35.1 Å². The Hall–Kier alpha value is -1.93. The molecule has 0 aliphatic carbocycles. The van der Waals surface area contributed by atoms with Gasteiger partial charge in [-0.2, -0.15) is 26.3 Å². The summed E-state index contributed by atoms with van der Waals surface area (Å²) in [6, 6.07) is 1.93. The molecule has 1 N–H and O–H groups in total. The Labute approximate surface area is 95.3 Å². The average Bonchev–Trinajstić information content (AvgIpc) is 2.56. The minimum atomic E-state index is -5.26. The normalized spacial score (nSPS) is 13.2. The molecule has 98 valence electrons. The number of halogens is 6. The van der Waals surface area contributed by atoms with Gasteiger partial charge in [-0.05, 0) is 12.1 Å². The van der Waals surface area contributed by atoms with Crippen LogP contribution in [-0.2, 0) is 12.4 Å². The molecule has 0 unspecified atom stereocenters. The third-order valence-corrected chi connectivity index (χ3v) is 2.17. The maximum absolute atomic E-state index is 12.6. The van der Waals surface area contributed by atoms with E-state index in [2.05, 4.69) is 4.98 Å². The van der Waals surface area contributed by atoms with E-state index in [9.17, 15) is 31.4 Å². The van der Waals surface area contributed by atoms with Gasteiger partial charge in [-0.3, -0.25) is 4.40 Å². The molecule has 2 aromatic rings. The van der Waals surface area contributed by atoms with E-state index in [1.54, 1.807) is 0 Å². The Kier molecular flexibility index (Phi) is 2.46. The first kappa shape index (κ1) is 12.5. The van der Waals surface area contributed by atoms with Crippen LogP contribution in [0.1, 0.15) is 11.4 Å².